The Morgan fingerprint density at radius 2 is 1.95 bits per heavy atom. The first kappa shape index (κ1) is 17.1. The summed E-state index contributed by atoms with van der Waals surface area (Å²) in [5.41, 5.74) is 1.10. The smallest absolute Gasteiger partial charge is 0.316 e. The molecule has 0 spiro atoms. The van der Waals surface area contributed by atoms with E-state index < -0.39 is 0 Å². The van der Waals surface area contributed by atoms with Crippen molar-refractivity contribution in [1.29, 1.82) is 0 Å². The molecule has 2 amide bonds. The van der Waals surface area contributed by atoms with Crippen LogP contribution in [0.5, 0.6) is 0 Å². The molecule has 1 rings (SSSR count). The molecule has 0 saturated heterocycles. The van der Waals surface area contributed by atoms with Crippen LogP contribution in [0.2, 0.25) is 10.0 Å². The van der Waals surface area contributed by atoms with Gasteiger partial charge in [0.15, 0.2) is 0 Å². The zero-order valence-corrected chi connectivity index (χ0v) is 13.6. The molecule has 1 atom stereocenters. The van der Waals surface area contributed by atoms with Gasteiger partial charge in [-0.15, -0.1) is 0 Å². The molecule has 0 radical (unpaired) electrons. The van der Waals surface area contributed by atoms with E-state index >= 15 is 0 Å². The maximum Gasteiger partial charge on any atom is 0.316 e. The molecular formula is C14H21Cl2N3O. The molecule has 0 bridgehead atoms. The fraction of sp³-hybridized carbons (Fsp3) is 0.500. The lowest BCUT2D eigenvalue weighted by Crippen LogP contribution is -2.39. The van der Waals surface area contributed by atoms with Gasteiger partial charge in [0, 0.05) is 33.2 Å². The van der Waals surface area contributed by atoms with Crippen LogP contribution >= 0.6 is 23.2 Å². The molecule has 1 unspecified atom stereocenters. The number of urea groups is 1. The normalized spacial score (nSPS) is 12.1. The molecule has 0 aromatic heterocycles. The predicted molar refractivity (Wildman–Crippen MR) is 84.6 cm³/mol. The molecule has 0 aliphatic rings. The van der Waals surface area contributed by atoms with Crippen LogP contribution < -0.4 is 10.6 Å². The number of benzene rings is 1. The number of halogens is 2. The topological polar surface area (TPSA) is 44.4 Å². The van der Waals surface area contributed by atoms with E-state index in [-0.39, 0.29) is 12.1 Å². The lowest BCUT2D eigenvalue weighted by molar-refractivity contribution is 0.217. The van der Waals surface area contributed by atoms with Gasteiger partial charge in [0.05, 0.1) is 10.0 Å². The van der Waals surface area contributed by atoms with E-state index in [0.717, 1.165) is 12.0 Å². The summed E-state index contributed by atoms with van der Waals surface area (Å²) in [5, 5.41) is 7.32. The van der Waals surface area contributed by atoms with Crippen molar-refractivity contribution in [2.24, 2.45) is 0 Å². The summed E-state index contributed by atoms with van der Waals surface area (Å²) in [4.78, 5) is 12.9. The minimum Gasteiger partial charge on any atom is -0.337 e. The van der Waals surface area contributed by atoms with Crippen LogP contribution in [0.15, 0.2) is 18.2 Å². The Labute approximate surface area is 130 Å². The maximum atomic E-state index is 11.4. The number of amides is 2. The van der Waals surface area contributed by atoms with Crippen LogP contribution in [0.25, 0.3) is 0 Å². The summed E-state index contributed by atoms with van der Waals surface area (Å²) >= 11 is 11.9. The summed E-state index contributed by atoms with van der Waals surface area (Å²) in [6, 6.07) is 5.75. The fourth-order valence-electron chi connectivity index (χ4n) is 1.80. The van der Waals surface area contributed by atoms with Crippen LogP contribution in [0.1, 0.15) is 24.9 Å². The number of carbonyl (C=O) groups excluding carboxylic acids is 1. The van der Waals surface area contributed by atoms with Crippen molar-refractivity contribution in [3.05, 3.63) is 33.8 Å². The van der Waals surface area contributed by atoms with Crippen molar-refractivity contribution < 1.29 is 4.79 Å². The molecule has 6 heteroatoms. The number of hydrogen-bond donors (Lipinski definition) is 2. The van der Waals surface area contributed by atoms with Crippen LogP contribution in [0, 0.1) is 0 Å². The molecule has 0 aliphatic carbocycles. The van der Waals surface area contributed by atoms with Crippen LogP contribution in [0.4, 0.5) is 4.79 Å². The quantitative estimate of drug-likeness (QED) is 0.791. The van der Waals surface area contributed by atoms with Crippen LogP contribution in [-0.2, 0) is 0 Å². The van der Waals surface area contributed by atoms with Crippen molar-refractivity contribution in [3.63, 3.8) is 0 Å². The third-order valence-electron chi connectivity index (χ3n) is 2.95. The molecule has 112 valence electrons. The number of rotatable bonds is 6. The van der Waals surface area contributed by atoms with E-state index in [9.17, 15) is 4.79 Å². The molecule has 0 heterocycles. The largest absolute Gasteiger partial charge is 0.337 e. The zero-order valence-electron chi connectivity index (χ0n) is 12.0. The van der Waals surface area contributed by atoms with Gasteiger partial charge in [0.25, 0.3) is 0 Å². The Bertz CT molecular complexity index is 452. The summed E-state index contributed by atoms with van der Waals surface area (Å²) in [6.07, 6.45) is 0.930. The van der Waals surface area contributed by atoms with E-state index in [1.54, 1.807) is 20.2 Å². The van der Waals surface area contributed by atoms with Gasteiger partial charge >= 0.3 is 6.03 Å². The van der Waals surface area contributed by atoms with E-state index in [4.69, 9.17) is 23.2 Å². The summed E-state index contributed by atoms with van der Waals surface area (Å²) in [7, 11) is 3.43. The molecule has 2 N–H and O–H groups in total. The SMILES string of the molecule is CCC(NCCNC(=O)N(C)C)c1ccc(Cl)c(Cl)c1. The van der Waals surface area contributed by atoms with Gasteiger partial charge in [-0.25, -0.2) is 4.79 Å². The number of nitrogens with zero attached hydrogens (tertiary/aromatic N) is 1. The molecule has 20 heavy (non-hydrogen) atoms. The molecule has 0 aliphatic heterocycles. The predicted octanol–water partition coefficient (Wildman–Crippen LogP) is 3.31. The average molecular weight is 318 g/mol. The van der Waals surface area contributed by atoms with E-state index in [1.807, 2.05) is 12.1 Å². The van der Waals surface area contributed by atoms with Gasteiger partial charge in [-0.3, -0.25) is 0 Å². The van der Waals surface area contributed by atoms with Gasteiger partial charge in [-0.05, 0) is 24.1 Å². The number of hydrogen-bond acceptors (Lipinski definition) is 2. The average Bonchev–Trinajstić information content (AvgIpc) is 2.42. The summed E-state index contributed by atoms with van der Waals surface area (Å²) in [6.45, 7) is 3.37. The summed E-state index contributed by atoms with van der Waals surface area (Å²) in [5.74, 6) is 0. The first-order valence-electron chi connectivity index (χ1n) is 6.59. The Morgan fingerprint density at radius 1 is 1.25 bits per heavy atom. The van der Waals surface area contributed by atoms with Crippen molar-refractivity contribution in [2.75, 3.05) is 27.2 Å². The standard InChI is InChI=1S/C14H21Cl2N3O/c1-4-13(10-5-6-11(15)12(16)9-10)17-7-8-18-14(20)19(2)3/h5-6,9,13,17H,4,7-8H2,1-3H3,(H,18,20). The minimum absolute atomic E-state index is 0.0885. The zero-order chi connectivity index (χ0) is 15.1. The fourth-order valence-corrected chi connectivity index (χ4v) is 2.11. The van der Waals surface area contributed by atoms with E-state index in [2.05, 4.69) is 17.6 Å². The van der Waals surface area contributed by atoms with Crippen molar-refractivity contribution in [3.8, 4) is 0 Å². The highest BCUT2D eigenvalue weighted by Crippen LogP contribution is 2.26. The Hall–Kier alpha value is -0.970. The Morgan fingerprint density at radius 3 is 2.50 bits per heavy atom. The molecule has 4 nitrogen and oxygen atoms in total. The van der Waals surface area contributed by atoms with Crippen molar-refractivity contribution in [2.45, 2.75) is 19.4 Å². The molecule has 1 aromatic carbocycles. The lowest BCUT2D eigenvalue weighted by atomic mass is 10.0. The molecule has 0 fully saturated rings. The second-order valence-corrected chi connectivity index (χ2v) is 5.53. The van der Waals surface area contributed by atoms with Gasteiger partial charge in [0.1, 0.15) is 0 Å². The molecular weight excluding hydrogens is 297 g/mol. The summed E-state index contributed by atoms with van der Waals surface area (Å²) < 4.78 is 0. The third kappa shape index (κ3) is 5.19. The van der Waals surface area contributed by atoms with Gasteiger partial charge < -0.3 is 15.5 Å². The van der Waals surface area contributed by atoms with Gasteiger partial charge in [-0.1, -0.05) is 36.2 Å². The van der Waals surface area contributed by atoms with Crippen LogP contribution in [-0.4, -0.2) is 38.1 Å². The van der Waals surface area contributed by atoms with Gasteiger partial charge in [-0.2, -0.15) is 0 Å². The second-order valence-electron chi connectivity index (χ2n) is 4.71. The second kappa shape index (κ2) is 8.35. The minimum atomic E-state index is -0.0885. The molecule has 0 saturated carbocycles. The Kier molecular flexibility index (Phi) is 7.13. The Balaban J connectivity index is 2.47. The lowest BCUT2D eigenvalue weighted by Gasteiger charge is -2.19. The van der Waals surface area contributed by atoms with Gasteiger partial charge in [0.2, 0.25) is 0 Å². The maximum absolute atomic E-state index is 11.4. The monoisotopic (exact) mass is 317 g/mol. The number of carbonyl (C=O) groups is 1. The molecule has 1 aromatic rings. The van der Waals surface area contributed by atoms with Crippen LogP contribution in [0.3, 0.4) is 0 Å². The highest BCUT2D eigenvalue weighted by Gasteiger charge is 2.10. The highest BCUT2D eigenvalue weighted by molar-refractivity contribution is 6.42. The third-order valence-corrected chi connectivity index (χ3v) is 3.69. The highest BCUT2D eigenvalue weighted by atomic mass is 35.5. The van der Waals surface area contributed by atoms with E-state index in [0.29, 0.717) is 23.1 Å². The first-order valence-corrected chi connectivity index (χ1v) is 7.34. The van der Waals surface area contributed by atoms with Crippen molar-refractivity contribution in [1.82, 2.24) is 15.5 Å². The number of nitrogens with one attached hydrogen (secondary N) is 2. The first-order chi connectivity index (χ1) is 9.45. The van der Waals surface area contributed by atoms with E-state index in [1.165, 1.54) is 4.90 Å². The van der Waals surface area contributed by atoms with Crippen molar-refractivity contribution >= 4 is 29.2 Å².